The summed E-state index contributed by atoms with van der Waals surface area (Å²) in [6, 6.07) is -0.898. The lowest BCUT2D eigenvalue weighted by Crippen LogP contribution is -2.42. The fourth-order valence-electron chi connectivity index (χ4n) is 3.05. The molecule has 1 aromatic heterocycles. The van der Waals surface area contributed by atoms with Crippen LogP contribution in [0.2, 0.25) is 0 Å². The molecule has 1 aliphatic rings. The molecule has 0 aliphatic heterocycles. The van der Waals surface area contributed by atoms with Gasteiger partial charge in [-0.1, -0.05) is 39.0 Å². The average molecular weight is 321 g/mol. The number of aliphatic carboxylic acids is 1. The Morgan fingerprint density at radius 2 is 2.22 bits per heavy atom. The quantitative estimate of drug-likeness (QED) is 0.546. The smallest absolute Gasteiger partial charge is 0.326 e. The fourth-order valence-corrected chi connectivity index (χ4v) is 3.05. The third kappa shape index (κ3) is 6.04. The van der Waals surface area contributed by atoms with Crippen LogP contribution in [0.4, 0.5) is 0 Å². The molecule has 1 fully saturated rings. The van der Waals surface area contributed by atoms with Crippen LogP contribution in [0, 0.1) is 11.8 Å². The lowest BCUT2D eigenvalue weighted by molar-refractivity contribution is -0.141. The molecule has 0 saturated heterocycles. The molecule has 1 amide bonds. The topological polar surface area (TPSA) is 95.1 Å². The van der Waals surface area contributed by atoms with Crippen molar-refractivity contribution in [3.05, 3.63) is 18.2 Å². The highest BCUT2D eigenvalue weighted by molar-refractivity contribution is 5.84. The molecule has 6 heteroatoms. The van der Waals surface area contributed by atoms with Crippen LogP contribution in [-0.4, -0.2) is 33.0 Å². The highest BCUT2D eigenvalue weighted by atomic mass is 16.4. The van der Waals surface area contributed by atoms with Crippen molar-refractivity contribution in [1.29, 1.82) is 0 Å². The number of nitrogens with one attached hydrogen (secondary N) is 2. The summed E-state index contributed by atoms with van der Waals surface area (Å²) in [5, 5.41) is 11.9. The van der Waals surface area contributed by atoms with Gasteiger partial charge in [0, 0.05) is 24.7 Å². The minimum atomic E-state index is -1.01. The summed E-state index contributed by atoms with van der Waals surface area (Å²) in [4.78, 5) is 30.1. The van der Waals surface area contributed by atoms with Crippen molar-refractivity contribution in [3.8, 4) is 0 Å². The largest absolute Gasteiger partial charge is 0.480 e. The predicted molar refractivity (Wildman–Crippen MR) is 86.8 cm³/mol. The zero-order chi connectivity index (χ0) is 16.7. The zero-order valence-electron chi connectivity index (χ0n) is 13.8. The van der Waals surface area contributed by atoms with Gasteiger partial charge >= 0.3 is 5.97 Å². The van der Waals surface area contributed by atoms with Crippen molar-refractivity contribution < 1.29 is 14.7 Å². The number of amides is 1. The lowest BCUT2D eigenvalue weighted by Gasteiger charge is -2.13. The SMILES string of the molecule is CCCCCCC1CC1CC(=O)N[C@@H](Cc1cnc[nH]1)C(=O)O. The maximum absolute atomic E-state index is 12.1. The van der Waals surface area contributed by atoms with Crippen LogP contribution < -0.4 is 5.32 Å². The van der Waals surface area contributed by atoms with Gasteiger partial charge in [-0.05, 0) is 18.3 Å². The first-order valence-electron chi connectivity index (χ1n) is 8.59. The maximum Gasteiger partial charge on any atom is 0.326 e. The molecule has 1 aromatic rings. The van der Waals surface area contributed by atoms with Crippen molar-refractivity contribution >= 4 is 11.9 Å². The number of aromatic amines is 1. The fraction of sp³-hybridized carbons (Fsp3) is 0.706. The first-order valence-corrected chi connectivity index (χ1v) is 8.59. The van der Waals surface area contributed by atoms with E-state index in [4.69, 9.17) is 0 Å². The highest BCUT2D eigenvalue weighted by Crippen LogP contribution is 2.44. The number of carboxylic acid groups (broad SMARTS) is 1. The number of carbonyl (C=O) groups excluding carboxylic acids is 1. The Morgan fingerprint density at radius 1 is 1.39 bits per heavy atom. The van der Waals surface area contributed by atoms with Gasteiger partial charge in [-0.25, -0.2) is 9.78 Å². The molecule has 2 rings (SSSR count). The van der Waals surface area contributed by atoms with Gasteiger partial charge in [0.25, 0.3) is 0 Å². The van der Waals surface area contributed by atoms with Gasteiger partial charge in [-0.3, -0.25) is 4.79 Å². The number of hydrogen-bond donors (Lipinski definition) is 3. The zero-order valence-corrected chi connectivity index (χ0v) is 13.8. The summed E-state index contributed by atoms with van der Waals surface area (Å²) < 4.78 is 0. The van der Waals surface area contributed by atoms with Crippen molar-refractivity contribution in [1.82, 2.24) is 15.3 Å². The molecule has 3 N–H and O–H groups in total. The van der Waals surface area contributed by atoms with Gasteiger partial charge in [0.1, 0.15) is 6.04 Å². The first kappa shape index (κ1) is 17.5. The monoisotopic (exact) mass is 321 g/mol. The second kappa shape index (κ2) is 8.70. The second-order valence-corrected chi connectivity index (χ2v) is 6.55. The van der Waals surface area contributed by atoms with E-state index < -0.39 is 12.0 Å². The molecule has 0 radical (unpaired) electrons. The van der Waals surface area contributed by atoms with Gasteiger partial charge in [0.15, 0.2) is 0 Å². The van der Waals surface area contributed by atoms with Gasteiger partial charge in [0.2, 0.25) is 5.91 Å². The number of rotatable bonds is 11. The number of unbranched alkanes of at least 4 members (excludes halogenated alkanes) is 3. The molecule has 23 heavy (non-hydrogen) atoms. The Balaban J connectivity index is 1.68. The second-order valence-electron chi connectivity index (χ2n) is 6.55. The summed E-state index contributed by atoms with van der Waals surface area (Å²) in [5.41, 5.74) is 0.706. The van der Waals surface area contributed by atoms with Gasteiger partial charge in [0.05, 0.1) is 6.33 Å². The highest BCUT2D eigenvalue weighted by Gasteiger charge is 2.38. The average Bonchev–Trinajstić information content (AvgIpc) is 3.02. The van der Waals surface area contributed by atoms with E-state index in [0.717, 1.165) is 6.42 Å². The van der Waals surface area contributed by atoms with Crippen LogP contribution in [0.1, 0.15) is 57.6 Å². The van der Waals surface area contributed by atoms with Crippen molar-refractivity contribution in [2.45, 2.75) is 64.3 Å². The molecule has 0 bridgehead atoms. The van der Waals surface area contributed by atoms with Crippen LogP contribution in [-0.2, 0) is 16.0 Å². The van der Waals surface area contributed by atoms with E-state index in [0.29, 0.717) is 24.0 Å². The van der Waals surface area contributed by atoms with Gasteiger partial charge < -0.3 is 15.4 Å². The molecule has 1 heterocycles. The standard InChI is InChI=1S/C17H27N3O3/c1-2-3-4-5-6-12-7-13(12)8-16(21)20-15(17(22)23)9-14-10-18-11-19-14/h10-13,15H,2-9H2,1H3,(H,18,19)(H,20,21)(H,22,23)/t12?,13?,15-/m0/s1. The van der Waals surface area contributed by atoms with E-state index in [2.05, 4.69) is 22.2 Å². The summed E-state index contributed by atoms with van der Waals surface area (Å²) in [6.07, 6.45) is 11.1. The Hall–Kier alpha value is -1.85. The van der Waals surface area contributed by atoms with Crippen molar-refractivity contribution in [2.75, 3.05) is 0 Å². The molecule has 6 nitrogen and oxygen atoms in total. The summed E-state index contributed by atoms with van der Waals surface area (Å²) in [7, 11) is 0. The van der Waals surface area contributed by atoms with E-state index in [1.54, 1.807) is 6.20 Å². The van der Waals surface area contributed by atoms with Gasteiger partial charge in [-0.2, -0.15) is 0 Å². The number of carbonyl (C=O) groups is 2. The molecule has 1 aliphatic carbocycles. The van der Waals surface area contributed by atoms with Gasteiger partial charge in [-0.15, -0.1) is 0 Å². The summed E-state index contributed by atoms with van der Waals surface area (Å²) in [5.74, 6) is -0.0652. The molecule has 0 spiro atoms. The van der Waals surface area contributed by atoms with E-state index >= 15 is 0 Å². The molecular formula is C17H27N3O3. The van der Waals surface area contributed by atoms with Crippen LogP contribution in [0.5, 0.6) is 0 Å². The number of imidazole rings is 1. The molecule has 128 valence electrons. The molecular weight excluding hydrogens is 294 g/mol. The minimum absolute atomic E-state index is 0.155. The predicted octanol–water partition coefficient (Wildman–Crippen LogP) is 2.52. The van der Waals surface area contributed by atoms with E-state index in [1.807, 2.05) is 0 Å². The normalized spacial score (nSPS) is 20.9. The van der Waals surface area contributed by atoms with Crippen LogP contribution >= 0.6 is 0 Å². The number of H-pyrrole nitrogens is 1. The molecule has 2 unspecified atom stereocenters. The third-order valence-electron chi connectivity index (χ3n) is 4.56. The Bertz CT molecular complexity index is 501. The molecule has 3 atom stereocenters. The van der Waals surface area contributed by atoms with Crippen LogP contribution in [0.3, 0.4) is 0 Å². The molecule has 0 aromatic carbocycles. The van der Waals surface area contributed by atoms with Crippen molar-refractivity contribution in [2.24, 2.45) is 11.8 Å². The first-order chi connectivity index (χ1) is 11.1. The lowest BCUT2D eigenvalue weighted by atomic mass is 10.1. The Labute approximate surface area is 137 Å². The summed E-state index contributed by atoms with van der Waals surface area (Å²) >= 11 is 0. The number of aromatic nitrogens is 2. The Kier molecular flexibility index (Phi) is 6.62. The number of nitrogens with zero attached hydrogens (tertiary/aromatic N) is 1. The summed E-state index contributed by atoms with van der Waals surface area (Å²) in [6.45, 7) is 2.20. The van der Waals surface area contributed by atoms with E-state index in [9.17, 15) is 14.7 Å². The maximum atomic E-state index is 12.1. The molecule has 1 saturated carbocycles. The van der Waals surface area contributed by atoms with Crippen LogP contribution in [0.25, 0.3) is 0 Å². The van der Waals surface area contributed by atoms with E-state index in [1.165, 1.54) is 38.4 Å². The van der Waals surface area contributed by atoms with Crippen molar-refractivity contribution in [3.63, 3.8) is 0 Å². The Morgan fingerprint density at radius 3 is 2.87 bits per heavy atom. The number of hydrogen-bond acceptors (Lipinski definition) is 3. The van der Waals surface area contributed by atoms with E-state index in [-0.39, 0.29) is 12.3 Å². The minimum Gasteiger partial charge on any atom is -0.480 e. The number of carboxylic acids is 1. The third-order valence-corrected chi connectivity index (χ3v) is 4.56. The van der Waals surface area contributed by atoms with Crippen LogP contribution in [0.15, 0.2) is 12.5 Å².